The highest BCUT2D eigenvalue weighted by Crippen LogP contribution is 2.17. The Hall–Kier alpha value is -0.350. The molecular formula is C8H9Cl2NO2. The SMILES string of the molecule is COCOCc1ccc(Cl)nc1Cl. The van der Waals surface area contributed by atoms with Gasteiger partial charge in [0.25, 0.3) is 0 Å². The fourth-order valence-corrected chi connectivity index (χ4v) is 1.18. The van der Waals surface area contributed by atoms with Gasteiger partial charge in [0.15, 0.2) is 0 Å². The molecule has 0 N–H and O–H groups in total. The summed E-state index contributed by atoms with van der Waals surface area (Å²) < 4.78 is 9.82. The van der Waals surface area contributed by atoms with Gasteiger partial charge in [0, 0.05) is 12.7 Å². The summed E-state index contributed by atoms with van der Waals surface area (Å²) in [5, 5.41) is 0.740. The monoisotopic (exact) mass is 221 g/mol. The molecule has 0 aromatic carbocycles. The van der Waals surface area contributed by atoms with Crippen molar-refractivity contribution in [2.45, 2.75) is 6.61 Å². The number of halogens is 2. The van der Waals surface area contributed by atoms with Crippen molar-refractivity contribution < 1.29 is 9.47 Å². The smallest absolute Gasteiger partial charge is 0.146 e. The third-order valence-electron chi connectivity index (χ3n) is 1.35. The second kappa shape index (κ2) is 5.40. The summed E-state index contributed by atoms with van der Waals surface area (Å²) in [6.45, 7) is 0.607. The van der Waals surface area contributed by atoms with Crippen LogP contribution in [-0.4, -0.2) is 18.9 Å². The Morgan fingerprint density at radius 1 is 1.38 bits per heavy atom. The number of aromatic nitrogens is 1. The average molecular weight is 222 g/mol. The van der Waals surface area contributed by atoms with E-state index in [9.17, 15) is 0 Å². The molecule has 0 saturated carbocycles. The molecule has 0 spiro atoms. The summed E-state index contributed by atoms with van der Waals surface area (Å²) in [4.78, 5) is 3.86. The predicted molar refractivity (Wildman–Crippen MR) is 50.9 cm³/mol. The third-order valence-corrected chi connectivity index (χ3v) is 1.89. The van der Waals surface area contributed by atoms with Crippen LogP contribution in [0.2, 0.25) is 10.3 Å². The van der Waals surface area contributed by atoms with Gasteiger partial charge < -0.3 is 9.47 Å². The van der Waals surface area contributed by atoms with Crippen LogP contribution in [0.15, 0.2) is 12.1 Å². The number of methoxy groups -OCH3 is 1. The lowest BCUT2D eigenvalue weighted by atomic mass is 10.3. The van der Waals surface area contributed by atoms with E-state index >= 15 is 0 Å². The largest absolute Gasteiger partial charge is 0.359 e. The number of rotatable bonds is 4. The average Bonchev–Trinajstić information content (AvgIpc) is 2.09. The highest BCUT2D eigenvalue weighted by Gasteiger charge is 2.02. The zero-order valence-corrected chi connectivity index (χ0v) is 8.60. The second-order valence-corrected chi connectivity index (χ2v) is 3.08. The van der Waals surface area contributed by atoms with Crippen LogP contribution in [0, 0.1) is 0 Å². The van der Waals surface area contributed by atoms with Gasteiger partial charge in [-0.15, -0.1) is 0 Å². The first kappa shape index (κ1) is 10.7. The minimum Gasteiger partial charge on any atom is -0.359 e. The predicted octanol–water partition coefficient (Wildman–Crippen LogP) is 2.51. The highest BCUT2D eigenvalue weighted by molar-refractivity contribution is 6.32. The van der Waals surface area contributed by atoms with Crippen molar-refractivity contribution in [2.24, 2.45) is 0 Å². The van der Waals surface area contributed by atoms with Crippen molar-refractivity contribution in [3.63, 3.8) is 0 Å². The summed E-state index contributed by atoms with van der Waals surface area (Å²) >= 11 is 11.4. The fourth-order valence-electron chi connectivity index (χ4n) is 0.784. The van der Waals surface area contributed by atoms with E-state index in [0.717, 1.165) is 5.56 Å². The quantitative estimate of drug-likeness (QED) is 0.445. The van der Waals surface area contributed by atoms with Crippen LogP contribution in [0.1, 0.15) is 5.56 Å². The molecule has 0 radical (unpaired) electrons. The van der Waals surface area contributed by atoms with Gasteiger partial charge in [0.1, 0.15) is 17.1 Å². The topological polar surface area (TPSA) is 31.4 Å². The van der Waals surface area contributed by atoms with Gasteiger partial charge in [-0.25, -0.2) is 4.98 Å². The zero-order chi connectivity index (χ0) is 9.68. The van der Waals surface area contributed by atoms with Crippen molar-refractivity contribution >= 4 is 23.2 Å². The van der Waals surface area contributed by atoms with Gasteiger partial charge in [-0.2, -0.15) is 0 Å². The number of pyridine rings is 1. The number of hydrogen-bond donors (Lipinski definition) is 0. The lowest BCUT2D eigenvalue weighted by Crippen LogP contribution is -1.98. The molecule has 0 aliphatic carbocycles. The first-order chi connectivity index (χ1) is 6.24. The standard InChI is InChI=1S/C8H9Cl2NO2/c1-12-5-13-4-6-2-3-7(9)11-8(6)10/h2-3H,4-5H2,1H3. The molecule has 0 bridgehead atoms. The summed E-state index contributed by atoms with van der Waals surface area (Å²) in [6.07, 6.45) is 0. The van der Waals surface area contributed by atoms with E-state index in [-0.39, 0.29) is 6.79 Å². The Balaban J connectivity index is 2.56. The van der Waals surface area contributed by atoms with Crippen molar-refractivity contribution in [1.29, 1.82) is 0 Å². The molecule has 72 valence electrons. The van der Waals surface area contributed by atoms with Crippen LogP contribution >= 0.6 is 23.2 Å². The van der Waals surface area contributed by atoms with E-state index in [4.69, 9.17) is 32.7 Å². The molecule has 1 heterocycles. The Bertz CT molecular complexity index is 281. The van der Waals surface area contributed by atoms with E-state index in [1.54, 1.807) is 19.2 Å². The second-order valence-electron chi connectivity index (χ2n) is 2.34. The van der Waals surface area contributed by atoms with Crippen LogP contribution in [0.3, 0.4) is 0 Å². The minimum atomic E-state index is 0.235. The molecule has 13 heavy (non-hydrogen) atoms. The molecule has 1 aromatic heterocycles. The van der Waals surface area contributed by atoms with Crippen molar-refractivity contribution in [3.8, 4) is 0 Å². The third kappa shape index (κ3) is 3.48. The molecule has 0 aliphatic rings. The van der Waals surface area contributed by atoms with Gasteiger partial charge in [-0.3, -0.25) is 0 Å². The minimum absolute atomic E-state index is 0.235. The normalized spacial score (nSPS) is 10.4. The Kier molecular flexibility index (Phi) is 4.45. The highest BCUT2D eigenvalue weighted by atomic mass is 35.5. The maximum Gasteiger partial charge on any atom is 0.146 e. The van der Waals surface area contributed by atoms with Gasteiger partial charge in [-0.05, 0) is 6.07 Å². The van der Waals surface area contributed by atoms with Crippen molar-refractivity contribution in [3.05, 3.63) is 28.0 Å². The summed E-state index contributed by atoms with van der Waals surface area (Å²) in [5.41, 5.74) is 0.795. The van der Waals surface area contributed by atoms with Crippen LogP contribution in [0.5, 0.6) is 0 Å². The lowest BCUT2D eigenvalue weighted by Gasteiger charge is -2.04. The van der Waals surface area contributed by atoms with Gasteiger partial charge >= 0.3 is 0 Å². The summed E-state index contributed by atoms with van der Waals surface area (Å²) in [7, 11) is 1.56. The fraction of sp³-hybridized carbons (Fsp3) is 0.375. The Morgan fingerprint density at radius 2 is 2.15 bits per heavy atom. The van der Waals surface area contributed by atoms with Crippen LogP contribution < -0.4 is 0 Å². The molecule has 1 aromatic rings. The van der Waals surface area contributed by atoms with Crippen LogP contribution in [0.4, 0.5) is 0 Å². The van der Waals surface area contributed by atoms with E-state index in [1.807, 2.05) is 0 Å². The number of ether oxygens (including phenoxy) is 2. The van der Waals surface area contributed by atoms with Crippen LogP contribution in [-0.2, 0) is 16.1 Å². The van der Waals surface area contributed by atoms with E-state index in [1.165, 1.54) is 0 Å². The van der Waals surface area contributed by atoms with Crippen LogP contribution in [0.25, 0.3) is 0 Å². The summed E-state index contributed by atoms with van der Waals surface area (Å²) in [6, 6.07) is 3.44. The maximum absolute atomic E-state index is 5.79. The molecule has 0 unspecified atom stereocenters. The number of nitrogens with zero attached hydrogens (tertiary/aromatic N) is 1. The molecule has 0 atom stereocenters. The molecule has 0 saturated heterocycles. The molecular weight excluding hydrogens is 213 g/mol. The lowest BCUT2D eigenvalue weighted by molar-refractivity contribution is -0.0391. The van der Waals surface area contributed by atoms with Crippen molar-refractivity contribution in [1.82, 2.24) is 4.98 Å². The Labute approximate surface area is 86.6 Å². The first-order valence-electron chi connectivity index (χ1n) is 3.61. The number of hydrogen-bond acceptors (Lipinski definition) is 3. The molecule has 0 aliphatic heterocycles. The zero-order valence-electron chi connectivity index (χ0n) is 7.09. The van der Waals surface area contributed by atoms with Gasteiger partial charge in [-0.1, -0.05) is 29.3 Å². The van der Waals surface area contributed by atoms with E-state index in [2.05, 4.69) is 4.98 Å². The summed E-state index contributed by atoms with van der Waals surface area (Å²) in [5.74, 6) is 0. The molecule has 3 nitrogen and oxygen atoms in total. The Morgan fingerprint density at radius 3 is 2.77 bits per heavy atom. The van der Waals surface area contributed by atoms with E-state index < -0.39 is 0 Å². The molecule has 0 fully saturated rings. The van der Waals surface area contributed by atoms with Gasteiger partial charge in [0.2, 0.25) is 0 Å². The molecule has 5 heteroatoms. The molecule has 1 rings (SSSR count). The first-order valence-corrected chi connectivity index (χ1v) is 4.37. The molecule has 0 amide bonds. The van der Waals surface area contributed by atoms with Gasteiger partial charge in [0.05, 0.1) is 6.61 Å². The van der Waals surface area contributed by atoms with Crippen molar-refractivity contribution in [2.75, 3.05) is 13.9 Å². The maximum atomic E-state index is 5.79. The van der Waals surface area contributed by atoms with E-state index in [0.29, 0.717) is 16.9 Å².